The summed E-state index contributed by atoms with van der Waals surface area (Å²) in [5, 5.41) is 15.0. The Hall–Kier alpha value is -0.620. The highest BCUT2D eigenvalue weighted by Crippen LogP contribution is 2.25. The first-order chi connectivity index (χ1) is 8.27. The maximum Gasteiger partial charge on any atom is 0.133 e. The number of nitrogens with one attached hydrogen (secondary N) is 2. The SMILES string of the molecule is COc1ccc(CNCCNCCO)cc1Br. The molecule has 1 rings (SSSR count). The molecule has 0 aliphatic rings. The lowest BCUT2D eigenvalue weighted by Gasteiger charge is -2.08. The van der Waals surface area contributed by atoms with Crippen LogP contribution in [0, 0.1) is 0 Å². The zero-order chi connectivity index (χ0) is 12.5. The van der Waals surface area contributed by atoms with Gasteiger partial charge in [0, 0.05) is 26.2 Å². The zero-order valence-electron chi connectivity index (χ0n) is 10.0. The first-order valence-corrected chi connectivity index (χ1v) is 6.42. The van der Waals surface area contributed by atoms with Gasteiger partial charge in [-0.05, 0) is 33.6 Å². The molecule has 0 aliphatic carbocycles. The van der Waals surface area contributed by atoms with Gasteiger partial charge in [0.15, 0.2) is 0 Å². The first kappa shape index (κ1) is 14.4. The molecule has 0 saturated carbocycles. The molecule has 1 aromatic carbocycles. The summed E-state index contributed by atoms with van der Waals surface area (Å²) < 4.78 is 6.14. The molecule has 0 spiro atoms. The van der Waals surface area contributed by atoms with Gasteiger partial charge in [-0.1, -0.05) is 6.07 Å². The summed E-state index contributed by atoms with van der Waals surface area (Å²) in [5.74, 6) is 0.846. The molecule has 5 heteroatoms. The van der Waals surface area contributed by atoms with Gasteiger partial charge in [-0.25, -0.2) is 0 Å². The number of hydrogen-bond donors (Lipinski definition) is 3. The molecule has 1 aromatic rings. The Morgan fingerprint density at radius 1 is 1.24 bits per heavy atom. The summed E-state index contributed by atoms with van der Waals surface area (Å²) in [7, 11) is 1.66. The van der Waals surface area contributed by atoms with Gasteiger partial charge in [-0.15, -0.1) is 0 Å². The highest BCUT2D eigenvalue weighted by Gasteiger charge is 2.00. The van der Waals surface area contributed by atoms with Crippen LogP contribution in [0.3, 0.4) is 0 Å². The Labute approximate surface area is 110 Å². The molecule has 3 N–H and O–H groups in total. The Morgan fingerprint density at radius 2 is 2.00 bits per heavy atom. The van der Waals surface area contributed by atoms with Crippen LogP contribution in [0.5, 0.6) is 5.75 Å². The Balaban J connectivity index is 2.25. The summed E-state index contributed by atoms with van der Waals surface area (Å²) >= 11 is 3.46. The van der Waals surface area contributed by atoms with Gasteiger partial charge in [-0.2, -0.15) is 0 Å². The molecular weight excluding hydrogens is 284 g/mol. The minimum Gasteiger partial charge on any atom is -0.496 e. The Kier molecular flexibility index (Phi) is 7.19. The van der Waals surface area contributed by atoms with Crippen LogP contribution in [0.1, 0.15) is 5.56 Å². The second kappa shape index (κ2) is 8.47. The van der Waals surface area contributed by atoms with E-state index in [1.807, 2.05) is 18.2 Å². The molecule has 0 unspecified atom stereocenters. The van der Waals surface area contributed by atoms with E-state index in [4.69, 9.17) is 9.84 Å². The third-order valence-corrected chi connectivity index (χ3v) is 2.93. The van der Waals surface area contributed by atoms with Crippen LogP contribution < -0.4 is 15.4 Å². The first-order valence-electron chi connectivity index (χ1n) is 5.62. The third kappa shape index (κ3) is 5.50. The van der Waals surface area contributed by atoms with E-state index in [0.717, 1.165) is 29.9 Å². The minimum absolute atomic E-state index is 0.186. The van der Waals surface area contributed by atoms with E-state index < -0.39 is 0 Å². The second-order valence-electron chi connectivity index (χ2n) is 3.62. The lowest BCUT2D eigenvalue weighted by atomic mass is 10.2. The van der Waals surface area contributed by atoms with Crippen LogP contribution in [0.2, 0.25) is 0 Å². The molecule has 96 valence electrons. The van der Waals surface area contributed by atoms with Crippen molar-refractivity contribution in [2.45, 2.75) is 6.54 Å². The maximum absolute atomic E-state index is 8.58. The molecule has 0 heterocycles. The van der Waals surface area contributed by atoms with Gasteiger partial charge in [0.05, 0.1) is 18.2 Å². The van der Waals surface area contributed by atoms with E-state index in [9.17, 15) is 0 Å². The van der Waals surface area contributed by atoms with Crippen molar-refractivity contribution < 1.29 is 9.84 Å². The monoisotopic (exact) mass is 302 g/mol. The molecule has 17 heavy (non-hydrogen) atoms. The smallest absolute Gasteiger partial charge is 0.133 e. The highest BCUT2D eigenvalue weighted by atomic mass is 79.9. The predicted molar refractivity (Wildman–Crippen MR) is 72.4 cm³/mol. The third-order valence-electron chi connectivity index (χ3n) is 2.31. The molecule has 0 saturated heterocycles. The molecule has 0 amide bonds. The lowest BCUT2D eigenvalue weighted by Crippen LogP contribution is -2.28. The van der Waals surface area contributed by atoms with E-state index in [1.54, 1.807) is 7.11 Å². The van der Waals surface area contributed by atoms with Crippen molar-refractivity contribution in [3.63, 3.8) is 0 Å². The van der Waals surface area contributed by atoms with Gasteiger partial charge in [0.2, 0.25) is 0 Å². The van der Waals surface area contributed by atoms with Crippen LogP contribution in [-0.4, -0.2) is 38.5 Å². The van der Waals surface area contributed by atoms with Gasteiger partial charge in [0.1, 0.15) is 5.75 Å². The second-order valence-corrected chi connectivity index (χ2v) is 4.47. The van der Waals surface area contributed by atoms with Gasteiger partial charge < -0.3 is 20.5 Å². The number of benzene rings is 1. The van der Waals surface area contributed by atoms with Crippen LogP contribution in [-0.2, 0) is 6.54 Å². The van der Waals surface area contributed by atoms with E-state index in [-0.39, 0.29) is 6.61 Å². The van der Waals surface area contributed by atoms with Crippen LogP contribution in [0.25, 0.3) is 0 Å². The van der Waals surface area contributed by atoms with E-state index in [0.29, 0.717) is 6.54 Å². The Bertz CT molecular complexity index is 334. The minimum atomic E-state index is 0.186. The van der Waals surface area contributed by atoms with Crippen molar-refractivity contribution in [2.75, 3.05) is 33.4 Å². The summed E-state index contributed by atoms with van der Waals surface area (Å²) in [6.07, 6.45) is 0. The topological polar surface area (TPSA) is 53.5 Å². The number of methoxy groups -OCH3 is 1. The molecule has 0 aromatic heterocycles. The van der Waals surface area contributed by atoms with E-state index >= 15 is 0 Å². The molecule has 0 atom stereocenters. The zero-order valence-corrected chi connectivity index (χ0v) is 11.6. The number of aliphatic hydroxyl groups excluding tert-OH is 1. The number of rotatable bonds is 8. The van der Waals surface area contributed by atoms with Gasteiger partial charge in [-0.3, -0.25) is 0 Å². The summed E-state index contributed by atoms with van der Waals surface area (Å²) in [6, 6.07) is 6.04. The van der Waals surface area contributed by atoms with Gasteiger partial charge >= 0.3 is 0 Å². The van der Waals surface area contributed by atoms with Crippen LogP contribution in [0.15, 0.2) is 22.7 Å². The van der Waals surface area contributed by atoms with Crippen molar-refractivity contribution in [3.05, 3.63) is 28.2 Å². The van der Waals surface area contributed by atoms with Crippen LogP contribution in [0.4, 0.5) is 0 Å². The molecule has 0 aliphatic heterocycles. The molecule has 0 radical (unpaired) electrons. The number of ether oxygens (including phenoxy) is 1. The maximum atomic E-state index is 8.58. The van der Waals surface area contributed by atoms with Crippen molar-refractivity contribution in [1.82, 2.24) is 10.6 Å². The van der Waals surface area contributed by atoms with Crippen molar-refractivity contribution in [2.24, 2.45) is 0 Å². The average Bonchev–Trinajstić information content (AvgIpc) is 2.34. The van der Waals surface area contributed by atoms with Crippen molar-refractivity contribution in [1.29, 1.82) is 0 Å². The fraction of sp³-hybridized carbons (Fsp3) is 0.500. The standard InChI is InChI=1S/C12H19BrN2O2/c1-17-12-3-2-10(8-11(12)13)9-15-5-4-14-6-7-16/h2-3,8,14-16H,4-7,9H2,1H3. The number of hydrogen-bond acceptors (Lipinski definition) is 4. The number of halogens is 1. The van der Waals surface area contributed by atoms with E-state index in [1.165, 1.54) is 5.56 Å². The molecular formula is C12H19BrN2O2. The predicted octanol–water partition coefficient (Wildman–Crippen LogP) is 1.13. The summed E-state index contributed by atoms with van der Waals surface area (Å²) in [4.78, 5) is 0. The lowest BCUT2D eigenvalue weighted by molar-refractivity contribution is 0.292. The van der Waals surface area contributed by atoms with E-state index in [2.05, 4.69) is 26.6 Å². The summed E-state index contributed by atoms with van der Waals surface area (Å²) in [6.45, 7) is 3.39. The molecule has 0 fully saturated rings. The fourth-order valence-corrected chi connectivity index (χ4v) is 2.02. The Morgan fingerprint density at radius 3 is 2.65 bits per heavy atom. The fourth-order valence-electron chi connectivity index (χ4n) is 1.43. The molecule has 4 nitrogen and oxygen atoms in total. The highest BCUT2D eigenvalue weighted by molar-refractivity contribution is 9.10. The normalized spacial score (nSPS) is 10.5. The largest absolute Gasteiger partial charge is 0.496 e. The summed E-state index contributed by atoms with van der Waals surface area (Å²) in [5.41, 5.74) is 1.21. The van der Waals surface area contributed by atoms with Crippen molar-refractivity contribution >= 4 is 15.9 Å². The van der Waals surface area contributed by atoms with Gasteiger partial charge in [0.25, 0.3) is 0 Å². The average molecular weight is 303 g/mol. The van der Waals surface area contributed by atoms with Crippen LogP contribution >= 0.6 is 15.9 Å². The van der Waals surface area contributed by atoms with Crippen molar-refractivity contribution in [3.8, 4) is 5.75 Å². The number of aliphatic hydroxyl groups is 1. The quantitative estimate of drug-likeness (QED) is 0.630. The molecule has 0 bridgehead atoms.